The summed E-state index contributed by atoms with van der Waals surface area (Å²) in [4.78, 5) is 12.3. The minimum Gasteiger partial charge on any atom is -0.267 e. The second-order valence-corrected chi connectivity index (χ2v) is 5.06. The van der Waals surface area contributed by atoms with Gasteiger partial charge >= 0.3 is 0 Å². The fourth-order valence-electron chi connectivity index (χ4n) is 2.23. The van der Waals surface area contributed by atoms with Crippen LogP contribution < -0.4 is 5.43 Å². The Labute approximate surface area is 133 Å². The Morgan fingerprint density at radius 3 is 2.57 bits per heavy atom. The van der Waals surface area contributed by atoms with Gasteiger partial charge in [-0.05, 0) is 32.0 Å². The average Bonchev–Trinajstić information content (AvgIpc) is 3.17. The first kappa shape index (κ1) is 14.7. The van der Waals surface area contributed by atoms with Gasteiger partial charge in [0.1, 0.15) is 12.7 Å². The lowest BCUT2D eigenvalue weighted by molar-refractivity contribution is 0.101. The number of hydrogen-bond donors (Lipinski definition) is 1. The van der Waals surface area contributed by atoms with Gasteiger partial charge in [-0.15, -0.1) is 10.2 Å². The molecule has 0 saturated carbocycles. The van der Waals surface area contributed by atoms with Crippen molar-refractivity contribution >= 4 is 12.1 Å². The summed E-state index contributed by atoms with van der Waals surface area (Å²) in [7, 11) is 0. The van der Waals surface area contributed by atoms with Gasteiger partial charge in [0.15, 0.2) is 0 Å². The molecular formula is C16H16N6O. The number of hydrogen-bond acceptors (Lipinski definition) is 4. The zero-order valence-corrected chi connectivity index (χ0v) is 12.8. The highest BCUT2D eigenvalue weighted by molar-refractivity contribution is 6.00. The van der Waals surface area contributed by atoms with Gasteiger partial charge in [-0.2, -0.15) is 5.10 Å². The van der Waals surface area contributed by atoms with E-state index in [1.807, 2.05) is 38.1 Å². The molecule has 0 aliphatic rings. The van der Waals surface area contributed by atoms with Crippen molar-refractivity contribution in [3.8, 4) is 0 Å². The predicted octanol–water partition coefficient (Wildman–Crippen LogP) is 1.96. The maximum atomic E-state index is 12.3. The van der Waals surface area contributed by atoms with E-state index >= 15 is 0 Å². The van der Waals surface area contributed by atoms with Crippen LogP contribution in [0.1, 0.15) is 27.3 Å². The highest BCUT2D eigenvalue weighted by Gasteiger charge is 2.11. The van der Waals surface area contributed by atoms with Gasteiger partial charge in [-0.3, -0.25) is 14.9 Å². The van der Waals surface area contributed by atoms with Crippen LogP contribution in [0.4, 0.5) is 0 Å². The number of nitrogens with zero attached hydrogens (tertiary/aromatic N) is 5. The van der Waals surface area contributed by atoms with Gasteiger partial charge in [0, 0.05) is 22.5 Å². The summed E-state index contributed by atoms with van der Waals surface area (Å²) in [6, 6.07) is 11.1. The molecule has 0 atom stereocenters. The van der Waals surface area contributed by atoms with Crippen molar-refractivity contribution in [2.45, 2.75) is 13.8 Å². The molecule has 0 saturated heterocycles. The number of aromatic nitrogens is 4. The van der Waals surface area contributed by atoms with Crippen molar-refractivity contribution < 1.29 is 4.79 Å². The molecule has 7 heteroatoms. The topological polar surface area (TPSA) is 77.1 Å². The molecule has 3 aromatic rings. The minimum absolute atomic E-state index is 0.158. The zero-order valence-electron chi connectivity index (χ0n) is 12.8. The fourth-order valence-corrected chi connectivity index (χ4v) is 2.23. The van der Waals surface area contributed by atoms with Gasteiger partial charge in [0.2, 0.25) is 0 Å². The molecule has 1 aromatic carbocycles. The molecule has 0 aliphatic carbocycles. The second kappa shape index (κ2) is 6.27. The molecular weight excluding hydrogens is 292 g/mol. The third-order valence-corrected chi connectivity index (χ3v) is 3.46. The van der Waals surface area contributed by atoms with Crippen molar-refractivity contribution in [2.24, 2.45) is 5.10 Å². The normalized spacial score (nSPS) is 11.0. The van der Waals surface area contributed by atoms with E-state index in [0.717, 1.165) is 17.0 Å². The SMILES string of the molecule is Cc1cc(/C=N\n2cnnc2)c(C)n1NC(=O)c1ccccc1. The van der Waals surface area contributed by atoms with Crippen molar-refractivity contribution in [3.05, 3.63) is 71.6 Å². The van der Waals surface area contributed by atoms with Gasteiger partial charge in [0.05, 0.1) is 6.21 Å². The molecule has 2 aromatic heterocycles. The molecule has 0 radical (unpaired) electrons. The molecule has 2 heterocycles. The summed E-state index contributed by atoms with van der Waals surface area (Å²) in [6.07, 6.45) is 4.72. The van der Waals surface area contributed by atoms with Crippen LogP contribution in [0.25, 0.3) is 0 Å². The lowest BCUT2D eigenvalue weighted by atomic mass is 10.2. The first-order valence-electron chi connectivity index (χ1n) is 7.09. The number of nitrogens with one attached hydrogen (secondary N) is 1. The van der Waals surface area contributed by atoms with Crippen molar-refractivity contribution in [2.75, 3.05) is 5.43 Å². The number of carbonyl (C=O) groups is 1. The van der Waals surface area contributed by atoms with Crippen LogP contribution in [-0.2, 0) is 0 Å². The first-order chi connectivity index (χ1) is 11.1. The summed E-state index contributed by atoms with van der Waals surface area (Å²) >= 11 is 0. The van der Waals surface area contributed by atoms with Gasteiger partial charge in [-0.1, -0.05) is 18.2 Å². The largest absolute Gasteiger partial charge is 0.270 e. The Hall–Kier alpha value is -3.22. The standard InChI is InChI=1S/C16H16N6O/c1-12-8-15(9-19-21-10-17-18-11-21)13(2)22(12)20-16(23)14-6-4-3-5-7-14/h3-11H,1-2H3,(H,20,23)/b19-9-. The number of benzene rings is 1. The van der Waals surface area contributed by atoms with Crippen LogP contribution in [-0.4, -0.2) is 31.7 Å². The lowest BCUT2D eigenvalue weighted by Gasteiger charge is -2.11. The smallest absolute Gasteiger partial charge is 0.267 e. The molecule has 1 amide bonds. The van der Waals surface area contributed by atoms with E-state index in [1.54, 1.807) is 23.0 Å². The Morgan fingerprint density at radius 2 is 1.87 bits per heavy atom. The Kier molecular flexibility index (Phi) is 4.01. The van der Waals surface area contributed by atoms with Crippen LogP contribution in [0, 0.1) is 13.8 Å². The van der Waals surface area contributed by atoms with Crippen LogP contribution in [0.2, 0.25) is 0 Å². The van der Waals surface area contributed by atoms with E-state index in [9.17, 15) is 4.79 Å². The van der Waals surface area contributed by atoms with E-state index in [-0.39, 0.29) is 5.91 Å². The number of rotatable bonds is 4. The second-order valence-electron chi connectivity index (χ2n) is 5.06. The van der Waals surface area contributed by atoms with Gasteiger partial charge < -0.3 is 0 Å². The number of amides is 1. The van der Waals surface area contributed by atoms with Crippen molar-refractivity contribution in [1.29, 1.82) is 0 Å². The van der Waals surface area contributed by atoms with Gasteiger partial charge in [-0.25, -0.2) is 4.68 Å². The van der Waals surface area contributed by atoms with E-state index in [0.29, 0.717) is 5.56 Å². The summed E-state index contributed by atoms with van der Waals surface area (Å²) in [6.45, 7) is 3.85. The Bertz CT molecular complexity index is 833. The van der Waals surface area contributed by atoms with Crippen LogP contribution in [0.5, 0.6) is 0 Å². The van der Waals surface area contributed by atoms with Crippen molar-refractivity contribution in [3.63, 3.8) is 0 Å². The number of aryl methyl sites for hydroxylation is 1. The lowest BCUT2D eigenvalue weighted by Crippen LogP contribution is -2.24. The molecule has 0 spiro atoms. The zero-order chi connectivity index (χ0) is 16.2. The highest BCUT2D eigenvalue weighted by atomic mass is 16.2. The minimum atomic E-state index is -0.158. The summed E-state index contributed by atoms with van der Waals surface area (Å²) in [5, 5.41) is 11.6. The van der Waals surface area contributed by atoms with E-state index < -0.39 is 0 Å². The fraction of sp³-hybridized carbons (Fsp3) is 0.125. The van der Waals surface area contributed by atoms with Crippen molar-refractivity contribution in [1.82, 2.24) is 19.5 Å². The summed E-state index contributed by atoms with van der Waals surface area (Å²) in [5.74, 6) is -0.158. The first-order valence-corrected chi connectivity index (χ1v) is 7.09. The maximum Gasteiger partial charge on any atom is 0.270 e. The predicted molar refractivity (Wildman–Crippen MR) is 87.1 cm³/mol. The third kappa shape index (κ3) is 3.18. The maximum absolute atomic E-state index is 12.3. The van der Waals surface area contributed by atoms with Crippen LogP contribution in [0.15, 0.2) is 54.2 Å². The molecule has 3 rings (SSSR count). The molecule has 0 bridgehead atoms. The van der Waals surface area contributed by atoms with Gasteiger partial charge in [0.25, 0.3) is 5.91 Å². The van der Waals surface area contributed by atoms with Crippen LogP contribution >= 0.6 is 0 Å². The Morgan fingerprint density at radius 1 is 1.17 bits per heavy atom. The molecule has 0 aliphatic heterocycles. The highest BCUT2D eigenvalue weighted by Crippen LogP contribution is 2.12. The van der Waals surface area contributed by atoms with E-state index in [4.69, 9.17) is 0 Å². The molecule has 0 unspecified atom stereocenters. The quantitative estimate of drug-likeness (QED) is 0.748. The molecule has 1 N–H and O–H groups in total. The molecule has 116 valence electrons. The van der Waals surface area contributed by atoms with E-state index in [1.165, 1.54) is 17.3 Å². The molecule has 23 heavy (non-hydrogen) atoms. The van der Waals surface area contributed by atoms with E-state index in [2.05, 4.69) is 20.7 Å². The Balaban J connectivity index is 1.82. The third-order valence-electron chi connectivity index (χ3n) is 3.46. The van der Waals surface area contributed by atoms with Crippen LogP contribution in [0.3, 0.4) is 0 Å². The average molecular weight is 308 g/mol. The monoisotopic (exact) mass is 308 g/mol. The number of carbonyl (C=O) groups excluding carboxylic acids is 1. The molecule has 7 nitrogen and oxygen atoms in total. The molecule has 0 fully saturated rings. The summed E-state index contributed by atoms with van der Waals surface area (Å²) in [5.41, 5.74) is 6.22. The summed E-state index contributed by atoms with van der Waals surface area (Å²) < 4.78 is 3.26.